The molecule has 1 aromatic carbocycles. The van der Waals surface area contributed by atoms with Crippen molar-refractivity contribution in [2.45, 2.75) is 20.8 Å². The van der Waals surface area contributed by atoms with Crippen molar-refractivity contribution in [3.05, 3.63) is 22.8 Å². The summed E-state index contributed by atoms with van der Waals surface area (Å²) in [5.74, 6) is 0.926. The van der Waals surface area contributed by atoms with Gasteiger partial charge in [0.2, 0.25) is 0 Å². The van der Waals surface area contributed by atoms with E-state index in [-0.39, 0.29) is 0 Å². The number of rotatable bonds is 2. The number of aromatic nitrogens is 1. The van der Waals surface area contributed by atoms with Crippen molar-refractivity contribution in [2.24, 2.45) is 0 Å². The van der Waals surface area contributed by atoms with Crippen LogP contribution in [0.4, 0.5) is 0 Å². The number of alkyl halides is 1. The molecule has 2 nitrogen and oxygen atoms in total. The van der Waals surface area contributed by atoms with Gasteiger partial charge in [-0.3, -0.25) is 0 Å². The molecule has 0 spiro atoms. The molecule has 0 aliphatic heterocycles. The van der Waals surface area contributed by atoms with E-state index in [4.69, 9.17) is 4.74 Å². The predicted molar refractivity (Wildman–Crippen MR) is 79.2 cm³/mol. The fourth-order valence-corrected chi connectivity index (χ4v) is 2.97. The van der Waals surface area contributed by atoms with Crippen LogP contribution in [0, 0.1) is 6.92 Å². The van der Waals surface area contributed by atoms with Crippen LogP contribution in [-0.2, 0) is 0 Å². The molecule has 0 saturated carbocycles. The summed E-state index contributed by atoms with van der Waals surface area (Å²) in [6, 6.07) is 6.18. The monoisotopic (exact) mass is 397 g/mol. The molecule has 4 heteroatoms. The Morgan fingerprint density at radius 2 is 2.06 bits per heavy atom. The van der Waals surface area contributed by atoms with E-state index in [9.17, 15) is 0 Å². The first kappa shape index (κ1) is 14.0. The normalized spacial score (nSPS) is 9.75. The van der Waals surface area contributed by atoms with Crippen molar-refractivity contribution in [1.82, 2.24) is 4.98 Å². The molecule has 0 atom stereocenters. The van der Waals surface area contributed by atoms with Gasteiger partial charge in [-0.05, 0) is 4.43 Å². The molecule has 2 aromatic rings. The zero-order valence-corrected chi connectivity index (χ0v) is 13.7. The summed E-state index contributed by atoms with van der Waals surface area (Å²) in [5, 5.41) is 0. The van der Waals surface area contributed by atoms with E-state index in [0.717, 1.165) is 11.3 Å². The Kier molecular flexibility index (Phi) is 6.39. The van der Waals surface area contributed by atoms with Crippen molar-refractivity contribution >= 4 is 46.9 Å². The van der Waals surface area contributed by atoms with Crippen molar-refractivity contribution in [2.75, 3.05) is 11.0 Å². The van der Waals surface area contributed by atoms with E-state index in [1.807, 2.05) is 19.1 Å². The maximum absolute atomic E-state index is 5.40. The molecular weight excluding hydrogens is 380 g/mol. The summed E-state index contributed by atoms with van der Waals surface area (Å²) < 4.78 is 9.24. The molecular formula is C12H16INOSe. The van der Waals surface area contributed by atoms with Crippen LogP contribution in [0.15, 0.2) is 18.2 Å². The van der Waals surface area contributed by atoms with Crippen molar-refractivity contribution < 1.29 is 4.74 Å². The van der Waals surface area contributed by atoms with Gasteiger partial charge in [-0.15, -0.1) is 0 Å². The molecule has 88 valence electrons. The molecule has 2 rings (SSSR count). The number of benzene rings is 1. The van der Waals surface area contributed by atoms with Gasteiger partial charge in [-0.25, -0.2) is 0 Å². The van der Waals surface area contributed by atoms with Gasteiger partial charge in [0.05, 0.1) is 0 Å². The average Bonchev–Trinajstić information content (AvgIpc) is 2.59. The molecule has 0 aliphatic carbocycles. The second kappa shape index (κ2) is 7.30. The van der Waals surface area contributed by atoms with E-state index in [1.165, 1.54) is 13.3 Å². The first-order valence-electron chi connectivity index (χ1n) is 5.27. The minimum absolute atomic E-state index is 0.445. The Bertz CT molecular complexity index is 442. The third kappa shape index (κ3) is 4.07. The molecule has 1 aromatic heterocycles. The number of ether oxygens (including phenoxy) is 1. The molecule has 1 heterocycles. The van der Waals surface area contributed by atoms with Gasteiger partial charge in [0.25, 0.3) is 0 Å². The van der Waals surface area contributed by atoms with Crippen LogP contribution in [-0.4, -0.2) is 30.5 Å². The summed E-state index contributed by atoms with van der Waals surface area (Å²) >= 11 is 2.73. The van der Waals surface area contributed by atoms with E-state index in [2.05, 4.69) is 47.5 Å². The summed E-state index contributed by atoms with van der Waals surface area (Å²) in [7, 11) is 0. The van der Waals surface area contributed by atoms with E-state index in [0.29, 0.717) is 21.1 Å². The summed E-state index contributed by atoms with van der Waals surface area (Å²) in [6.45, 7) is 6.90. The van der Waals surface area contributed by atoms with Crippen molar-refractivity contribution in [3.8, 4) is 5.75 Å². The van der Waals surface area contributed by atoms with Crippen LogP contribution < -0.4 is 4.74 Å². The van der Waals surface area contributed by atoms with Crippen LogP contribution in [0.5, 0.6) is 5.75 Å². The Balaban J connectivity index is 0.000000386. The molecule has 0 amide bonds. The average molecular weight is 396 g/mol. The quantitative estimate of drug-likeness (QED) is 0.441. The summed E-state index contributed by atoms with van der Waals surface area (Å²) in [4.78, 5) is 4.46. The van der Waals surface area contributed by atoms with E-state index < -0.39 is 0 Å². The van der Waals surface area contributed by atoms with Crippen LogP contribution in [0.25, 0.3) is 9.78 Å². The van der Waals surface area contributed by atoms with Gasteiger partial charge < -0.3 is 0 Å². The Morgan fingerprint density at radius 1 is 1.38 bits per heavy atom. The first-order valence-corrected chi connectivity index (χ1v) is 8.51. The number of nitrogens with zero attached hydrogens (tertiary/aromatic N) is 1. The number of fused-ring (bicyclic) bond motifs is 1. The zero-order chi connectivity index (χ0) is 12.0. The SMILES string of the molecule is CCI.CCOc1ccc2[se]c(C)nc2c1. The van der Waals surface area contributed by atoms with Gasteiger partial charge in [0.15, 0.2) is 0 Å². The number of hydrogen-bond acceptors (Lipinski definition) is 2. The first-order chi connectivity index (χ1) is 7.71. The standard InChI is InChI=1S/C10H11NOSe.C2H5I/c1-3-12-8-4-5-10-9(6-8)11-7(2)13-10;1-2-3/h4-6H,3H2,1-2H3;2H2,1H3. The molecule has 0 radical (unpaired) electrons. The van der Waals surface area contributed by atoms with Crippen LogP contribution in [0.3, 0.4) is 0 Å². The fraction of sp³-hybridized carbons (Fsp3) is 0.417. The van der Waals surface area contributed by atoms with Gasteiger partial charge in [0, 0.05) is 0 Å². The Labute approximate surface area is 116 Å². The van der Waals surface area contributed by atoms with Gasteiger partial charge in [0.1, 0.15) is 0 Å². The van der Waals surface area contributed by atoms with Gasteiger partial charge in [-0.2, -0.15) is 0 Å². The Morgan fingerprint density at radius 3 is 2.69 bits per heavy atom. The number of aryl methyl sites for hydroxylation is 1. The van der Waals surface area contributed by atoms with Crippen LogP contribution in [0.2, 0.25) is 0 Å². The fourth-order valence-electron chi connectivity index (χ4n) is 1.28. The van der Waals surface area contributed by atoms with Crippen molar-refractivity contribution in [3.63, 3.8) is 0 Å². The van der Waals surface area contributed by atoms with Gasteiger partial charge >= 0.3 is 83.0 Å². The molecule has 0 saturated heterocycles. The number of hydrogen-bond donors (Lipinski definition) is 0. The number of halogens is 1. The molecule has 0 aliphatic rings. The molecule has 0 bridgehead atoms. The van der Waals surface area contributed by atoms with E-state index in [1.54, 1.807) is 0 Å². The predicted octanol–water partition coefficient (Wildman–Crippen LogP) is 3.44. The molecule has 0 N–H and O–H groups in total. The summed E-state index contributed by atoms with van der Waals surface area (Å²) in [5.41, 5.74) is 1.10. The summed E-state index contributed by atoms with van der Waals surface area (Å²) in [6.07, 6.45) is 0. The second-order valence-corrected chi connectivity index (χ2v) is 7.18. The second-order valence-electron chi connectivity index (χ2n) is 3.06. The molecule has 16 heavy (non-hydrogen) atoms. The third-order valence-electron chi connectivity index (χ3n) is 1.78. The topological polar surface area (TPSA) is 22.1 Å². The Hall–Kier alpha value is -0.0605. The maximum atomic E-state index is 5.40. The third-order valence-corrected chi connectivity index (χ3v) is 3.77. The van der Waals surface area contributed by atoms with Gasteiger partial charge in [-0.1, -0.05) is 29.5 Å². The zero-order valence-electron chi connectivity index (χ0n) is 9.79. The van der Waals surface area contributed by atoms with Crippen LogP contribution >= 0.6 is 22.6 Å². The van der Waals surface area contributed by atoms with Crippen molar-refractivity contribution in [1.29, 1.82) is 0 Å². The molecule has 0 fully saturated rings. The van der Waals surface area contributed by atoms with Crippen LogP contribution in [0.1, 0.15) is 18.4 Å². The van der Waals surface area contributed by atoms with E-state index >= 15 is 0 Å². The molecule has 0 unspecified atom stereocenters. The minimum atomic E-state index is 0.445.